The first-order valence-corrected chi connectivity index (χ1v) is 6.90. The molecule has 0 aromatic heterocycles. The largest absolute Gasteiger partial charge is 0.351 e. The van der Waals surface area contributed by atoms with Crippen molar-refractivity contribution in [3.05, 3.63) is 35.4 Å². The molecule has 0 saturated heterocycles. The Bertz CT molecular complexity index is 415. The number of nitrogens with one attached hydrogen (secondary N) is 1. The van der Waals surface area contributed by atoms with Crippen LogP contribution in [0.3, 0.4) is 0 Å². The summed E-state index contributed by atoms with van der Waals surface area (Å²) < 4.78 is 26.2. The van der Waals surface area contributed by atoms with E-state index in [4.69, 9.17) is 5.73 Å². The minimum absolute atomic E-state index is 0.0601. The molecule has 100 valence electrons. The summed E-state index contributed by atoms with van der Waals surface area (Å²) in [6.07, 6.45) is 2.48. The van der Waals surface area contributed by atoms with Crippen LogP contribution < -0.4 is 11.1 Å². The van der Waals surface area contributed by atoms with Crippen LogP contribution in [0, 0.1) is 11.6 Å². The van der Waals surface area contributed by atoms with Gasteiger partial charge < -0.3 is 11.1 Å². The maximum Gasteiger partial charge on any atom is 0.237 e. The van der Waals surface area contributed by atoms with E-state index >= 15 is 0 Å². The molecule has 1 amide bonds. The second kappa shape index (κ2) is 7.33. The van der Waals surface area contributed by atoms with Gasteiger partial charge in [-0.2, -0.15) is 11.8 Å². The number of carbonyl (C=O) groups excluding carboxylic acids is 1. The molecule has 1 atom stereocenters. The highest BCUT2D eigenvalue weighted by molar-refractivity contribution is 7.98. The topological polar surface area (TPSA) is 55.1 Å². The van der Waals surface area contributed by atoms with Crippen LogP contribution in [-0.2, 0) is 11.3 Å². The quantitative estimate of drug-likeness (QED) is 0.829. The van der Waals surface area contributed by atoms with Crippen molar-refractivity contribution in [2.45, 2.75) is 19.0 Å². The second-order valence-corrected chi connectivity index (χ2v) is 4.83. The summed E-state index contributed by atoms with van der Waals surface area (Å²) in [4.78, 5) is 11.6. The zero-order valence-corrected chi connectivity index (χ0v) is 10.9. The van der Waals surface area contributed by atoms with Crippen molar-refractivity contribution in [2.75, 3.05) is 12.0 Å². The molecule has 1 rings (SSSR count). The fraction of sp³-hybridized carbons (Fsp3) is 0.417. The summed E-state index contributed by atoms with van der Waals surface area (Å²) in [6, 6.07) is 2.51. The number of benzene rings is 1. The minimum Gasteiger partial charge on any atom is -0.351 e. The van der Waals surface area contributed by atoms with Crippen LogP contribution in [0.15, 0.2) is 18.2 Å². The Balaban J connectivity index is 2.49. The van der Waals surface area contributed by atoms with Gasteiger partial charge in [0.2, 0.25) is 5.91 Å². The van der Waals surface area contributed by atoms with Crippen molar-refractivity contribution in [1.29, 1.82) is 0 Å². The second-order valence-electron chi connectivity index (χ2n) is 3.84. The predicted octanol–water partition coefficient (Wildman–Crippen LogP) is 1.66. The molecule has 18 heavy (non-hydrogen) atoms. The summed E-state index contributed by atoms with van der Waals surface area (Å²) in [7, 11) is 0. The molecule has 0 heterocycles. The summed E-state index contributed by atoms with van der Waals surface area (Å²) >= 11 is 1.60. The molecule has 1 aromatic carbocycles. The van der Waals surface area contributed by atoms with Gasteiger partial charge in [0.25, 0.3) is 0 Å². The van der Waals surface area contributed by atoms with Crippen LogP contribution in [0.1, 0.15) is 12.0 Å². The van der Waals surface area contributed by atoms with Crippen LogP contribution in [0.4, 0.5) is 8.78 Å². The van der Waals surface area contributed by atoms with E-state index in [2.05, 4.69) is 5.32 Å². The van der Waals surface area contributed by atoms with Gasteiger partial charge in [-0.1, -0.05) is 0 Å². The Morgan fingerprint density at radius 2 is 2.22 bits per heavy atom. The van der Waals surface area contributed by atoms with E-state index in [1.54, 1.807) is 11.8 Å². The van der Waals surface area contributed by atoms with E-state index in [0.29, 0.717) is 6.42 Å². The molecule has 0 aliphatic carbocycles. The molecule has 0 fully saturated rings. The van der Waals surface area contributed by atoms with Gasteiger partial charge in [-0.15, -0.1) is 0 Å². The molecule has 3 N–H and O–H groups in total. The molecule has 0 radical (unpaired) electrons. The van der Waals surface area contributed by atoms with E-state index in [0.717, 1.165) is 24.0 Å². The number of hydrogen-bond acceptors (Lipinski definition) is 3. The van der Waals surface area contributed by atoms with E-state index in [1.165, 1.54) is 0 Å². The van der Waals surface area contributed by atoms with E-state index < -0.39 is 17.7 Å². The maximum absolute atomic E-state index is 13.3. The van der Waals surface area contributed by atoms with Crippen molar-refractivity contribution in [3.63, 3.8) is 0 Å². The molecule has 0 aliphatic rings. The maximum atomic E-state index is 13.3. The third kappa shape index (κ3) is 4.62. The highest BCUT2D eigenvalue weighted by Crippen LogP contribution is 2.09. The zero-order chi connectivity index (χ0) is 13.5. The number of thioether (sulfide) groups is 1. The zero-order valence-electron chi connectivity index (χ0n) is 10.1. The minimum atomic E-state index is -0.617. The number of nitrogens with two attached hydrogens (primary N) is 1. The van der Waals surface area contributed by atoms with Gasteiger partial charge in [-0.3, -0.25) is 4.79 Å². The number of rotatable bonds is 6. The van der Waals surface area contributed by atoms with E-state index in [9.17, 15) is 13.6 Å². The SMILES string of the molecule is CSCC[C@H](N)C(=O)NCc1cc(F)ccc1F. The molecule has 1 aromatic rings. The normalized spacial score (nSPS) is 12.2. The Morgan fingerprint density at radius 1 is 1.50 bits per heavy atom. The fourth-order valence-electron chi connectivity index (χ4n) is 1.37. The monoisotopic (exact) mass is 274 g/mol. The highest BCUT2D eigenvalue weighted by atomic mass is 32.2. The molecule has 0 spiro atoms. The number of halogens is 2. The first kappa shape index (κ1) is 14.9. The Labute approximate surface area is 109 Å². The highest BCUT2D eigenvalue weighted by Gasteiger charge is 2.13. The van der Waals surface area contributed by atoms with Crippen LogP contribution >= 0.6 is 11.8 Å². The van der Waals surface area contributed by atoms with Crippen molar-refractivity contribution in [1.82, 2.24) is 5.32 Å². The fourth-order valence-corrected chi connectivity index (χ4v) is 1.86. The van der Waals surface area contributed by atoms with Crippen molar-refractivity contribution < 1.29 is 13.6 Å². The lowest BCUT2D eigenvalue weighted by Gasteiger charge is -2.12. The first-order valence-electron chi connectivity index (χ1n) is 5.50. The lowest BCUT2D eigenvalue weighted by atomic mass is 10.2. The van der Waals surface area contributed by atoms with Gasteiger partial charge in [-0.25, -0.2) is 8.78 Å². The Morgan fingerprint density at radius 3 is 2.89 bits per heavy atom. The number of amides is 1. The lowest BCUT2D eigenvalue weighted by molar-refractivity contribution is -0.122. The molecule has 0 saturated carbocycles. The molecule has 6 heteroatoms. The number of hydrogen-bond donors (Lipinski definition) is 2. The summed E-state index contributed by atoms with van der Waals surface area (Å²) in [6.45, 7) is -0.0601. The van der Waals surface area contributed by atoms with Gasteiger partial charge in [-0.05, 0) is 36.6 Å². The summed E-state index contributed by atoms with van der Waals surface area (Å²) in [5.41, 5.74) is 5.75. The molecule has 3 nitrogen and oxygen atoms in total. The van der Waals surface area contributed by atoms with Crippen molar-refractivity contribution >= 4 is 17.7 Å². The smallest absolute Gasteiger partial charge is 0.237 e. The van der Waals surface area contributed by atoms with Crippen LogP contribution in [0.2, 0.25) is 0 Å². The summed E-state index contributed by atoms with van der Waals surface area (Å²) in [5.74, 6) is -0.655. The van der Waals surface area contributed by atoms with Crippen molar-refractivity contribution in [3.8, 4) is 0 Å². The third-order valence-electron chi connectivity index (χ3n) is 2.43. The van der Waals surface area contributed by atoms with E-state index in [1.807, 2.05) is 6.26 Å². The van der Waals surface area contributed by atoms with Crippen molar-refractivity contribution in [2.24, 2.45) is 5.73 Å². The lowest BCUT2D eigenvalue weighted by Crippen LogP contribution is -2.40. The summed E-state index contributed by atoms with van der Waals surface area (Å²) in [5, 5.41) is 2.50. The van der Waals surface area contributed by atoms with Gasteiger partial charge in [0.05, 0.1) is 6.04 Å². The number of carbonyl (C=O) groups is 1. The van der Waals surface area contributed by atoms with Crippen LogP contribution in [0.5, 0.6) is 0 Å². The van der Waals surface area contributed by atoms with Crippen LogP contribution in [-0.4, -0.2) is 24.0 Å². The molecule has 0 aliphatic heterocycles. The molecular weight excluding hydrogens is 258 g/mol. The van der Waals surface area contributed by atoms with Gasteiger partial charge in [0.1, 0.15) is 11.6 Å². The molecular formula is C12H16F2N2OS. The van der Waals surface area contributed by atoms with Gasteiger partial charge >= 0.3 is 0 Å². The molecule has 0 unspecified atom stereocenters. The third-order valence-corrected chi connectivity index (χ3v) is 3.07. The average molecular weight is 274 g/mol. The van der Waals surface area contributed by atoms with Crippen LogP contribution in [0.25, 0.3) is 0 Å². The predicted molar refractivity (Wildman–Crippen MR) is 69.2 cm³/mol. The van der Waals surface area contributed by atoms with E-state index in [-0.39, 0.29) is 18.0 Å². The Kier molecular flexibility index (Phi) is 6.07. The first-order chi connectivity index (χ1) is 8.54. The van der Waals surface area contributed by atoms with Gasteiger partial charge in [0.15, 0.2) is 0 Å². The van der Waals surface area contributed by atoms with Gasteiger partial charge in [0, 0.05) is 12.1 Å². The average Bonchev–Trinajstić information content (AvgIpc) is 2.36. The molecule has 0 bridgehead atoms. The standard InChI is InChI=1S/C12H16F2N2OS/c1-18-5-4-11(15)12(17)16-7-8-6-9(13)2-3-10(8)14/h2-3,6,11H,4-5,7,15H2,1H3,(H,16,17)/t11-/m0/s1. The Hall–Kier alpha value is -1.14.